The van der Waals surface area contributed by atoms with Gasteiger partial charge >= 0.3 is 0 Å². The zero-order valence-corrected chi connectivity index (χ0v) is 15.2. The summed E-state index contributed by atoms with van der Waals surface area (Å²) in [6.45, 7) is 3.64. The summed E-state index contributed by atoms with van der Waals surface area (Å²) in [6, 6.07) is 6.80. The number of halogens is 1. The molecule has 0 aromatic heterocycles. The molecule has 0 spiro atoms. The molecule has 2 aliphatic heterocycles. The van der Waals surface area contributed by atoms with Crippen LogP contribution >= 0.6 is 11.8 Å². The maximum absolute atomic E-state index is 13.5. The van der Waals surface area contributed by atoms with Crippen LogP contribution in [0.1, 0.15) is 37.4 Å². The summed E-state index contributed by atoms with van der Waals surface area (Å²) in [7, 11) is 0. The molecule has 0 bridgehead atoms. The predicted molar refractivity (Wildman–Crippen MR) is 98.5 cm³/mol. The lowest BCUT2D eigenvalue weighted by molar-refractivity contribution is -0.0608. The molecule has 2 N–H and O–H groups in total. The molecule has 0 amide bonds. The number of nitriles is 1. The van der Waals surface area contributed by atoms with E-state index in [2.05, 4.69) is 16.4 Å². The molecule has 134 valence electrons. The summed E-state index contributed by atoms with van der Waals surface area (Å²) >= 11 is 1.52. The van der Waals surface area contributed by atoms with Crippen LogP contribution in [0.25, 0.3) is 0 Å². The lowest BCUT2D eigenvalue weighted by atomic mass is 9.86. The van der Waals surface area contributed by atoms with Crippen LogP contribution in [-0.2, 0) is 0 Å². The number of nitrogens with one attached hydrogen (secondary N) is 1. The van der Waals surface area contributed by atoms with E-state index in [1.807, 2.05) is 13.8 Å². The van der Waals surface area contributed by atoms with Crippen LogP contribution in [0.15, 0.2) is 46.9 Å². The highest BCUT2D eigenvalue weighted by molar-refractivity contribution is 8.14. The van der Waals surface area contributed by atoms with E-state index in [0.29, 0.717) is 34.2 Å². The van der Waals surface area contributed by atoms with Crippen molar-refractivity contribution in [3.05, 3.63) is 53.0 Å². The SMILES string of the molecule is CC1(C)Oc2ccc(C#N)cc2[C@@H](NC2=NC3=CC(F)=CCC3S2)[C@@H]1O. The van der Waals surface area contributed by atoms with Crippen LogP contribution in [0.3, 0.4) is 0 Å². The summed E-state index contributed by atoms with van der Waals surface area (Å²) < 4.78 is 19.4. The van der Waals surface area contributed by atoms with E-state index in [9.17, 15) is 14.8 Å². The minimum atomic E-state index is -0.848. The molecule has 1 aliphatic carbocycles. The third-order valence-electron chi connectivity index (χ3n) is 4.78. The molecule has 0 saturated heterocycles. The summed E-state index contributed by atoms with van der Waals surface area (Å²) in [4.78, 5) is 4.48. The first-order chi connectivity index (χ1) is 12.4. The molecule has 26 heavy (non-hydrogen) atoms. The number of hydrogen-bond donors (Lipinski definition) is 2. The van der Waals surface area contributed by atoms with Gasteiger partial charge in [-0.2, -0.15) is 5.26 Å². The Morgan fingerprint density at radius 3 is 3.04 bits per heavy atom. The number of aliphatic hydroxyl groups excluding tert-OH is 1. The van der Waals surface area contributed by atoms with Crippen molar-refractivity contribution in [2.75, 3.05) is 0 Å². The van der Waals surface area contributed by atoms with Gasteiger partial charge in [0.1, 0.15) is 23.3 Å². The van der Waals surface area contributed by atoms with Crippen molar-refractivity contribution in [3.63, 3.8) is 0 Å². The molecule has 5 nitrogen and oxygen atoms in total. The largest absolute Gasteiger partial charge is 0.485 e. The summed E-state index contributed by atoms with van der Waals surface area (Å²) in [5.74, 6) is 0.364. The van der Waals surface area contributed by atoms with E-state index < -0.39 is 17.7 Å². The van der Waals surface area contributed by atoms with Crippen molar-refractivity contribution in [2.45, 2.75) is 43.3 Å². The molecule has 0 fully saturated rings. The molecule has 1 aromatic carbocycles. The number of thioether (sulfide) groups is 1. The highest BCUT2D eigenvalue weighted by atomic mass is 32.2. The number of amidine groups is 1. The Hall–Kier alpha value is -2.30. The second kappa shape index (κ2) is 6.15. The minimum Gasteiger partial charge on any atom is -0.485 e. The molecule has 1 unspecified atom stereocenters. The van der Waals surface area contributed by atoms with Gasteiger partial charge in [-0.05, 0) is 50.6 Å². The topological polar surface area (TPSA) is 77.6 Å². The molecule has 7 heteroatoms. The first-order valence-corrected chi connectivity index (χ1v) is 9.25. The van der Waals surface area contributed by atoms with Crippen molar-refractivity contribution in [3.8, 4) is 11.8 Å². The van der Waals surface area contributed by atoms with Gasteiger partial charge in [-0.25, -0.2) is 9.38 Å². The fourth-order valence-electron chi connectivity index (χ4n) is 3.35. The Balaban J connectivity index is 1.68. The number of nitrogens with zero attached hydrogens (tertiary/aromatic N) is 2. The number of hydrogen-bond acceptors (Lipinski definition) is 6. The first-order valence-electron chi connectivity index (χ1n) is 8.37. The van der Waals surface area contributed by atoms with E-state index in [4.69, 9.17) is 4.74 Å². The number of ether oxygens (including phenoxy) is 1. The van der Waals surface area contributed by atoms with E-state index in [1.54, 1.807) is 24.3 Å². The van der Waals surface area contributed by atoms with E-state index >= 15 is 0 Å². The van der Waals surface area contributed by atoms with Crippen LogP contribution in [0.5, 0.6) is 5.75 Å². The molecule has 3 aliphatic rings. The zero-order chi connectivity index (χ0) is 18.5. The molecule has 0 radical (unpaired) electrons. The average Bonchev–Trinajstić information content (AvgIpc) is 3.00. The lowest BCUT2D eigenvalue weighted by Crippen LogP contribution is -2.53. The van der Waals surface area contributed by atoms with E-state index in [0.717, 1.165) is 0 Å². The maximum atomic E-state index is 13.5. The van der Waals surface area contributed by atoms with Crippen molar-refractivity contribution in [1.29, 1.82) is 5.26 Å². The fourth-order valence-corrected chi connectivity index (χ4v) is 4.41. The highest BCUT2D eigenvalue weighted by Gasteiger charge is 2.44. The number of allylic oxidation sites excluding steroid dienone is 3. The number of fused-ring (bicyclic) bond motifs is 2. The van der Waals surface area contributed by atoms with Crippen molar-refractivity contribution >= 4 is 16.9 Å². The second-order valence-corrected chi connectivity index (χ2v) is 8.25. The first kappa shape index (κ1) is 17.1. The van der Waals surface area contributed by atoms with Gasteiger partial charge in [0.05, 0.1) is 28.6 Å². The van der Waals surface area contributed by atoms with E-state index in [1.165, 1.54) is 17.8 Å². The smallest absolute Gasteiger partial charge is 0.162 e. The summed E-state index contributed by atoms with van der Waals surface area (Å²) in [5.41, 5.74) is 1.11. The monoisotopic (exact) mass is 371 g/mol. The molecule has 0 saturated carbocycles. The van der Waals surface area contributed by atoms with E-state index in [-0.39, 0.29) is 11.1 Å². The molecular weight excluding hydrogens is 353 g/mol. The number of aliphatic hydroxyl groups is 1. The van der Waals surface area contributed by atoms with Crippen molar-refractivity contribution < 1.29 is 14.2 Å². The second-order valence-electron chi connectivity index (χ2n) is 7.05. The minimum absolute atomic E-state index is 0.0897. The number of rotatable bonds is 1. The normalized spacial score (nSPS) is 28.6. The Bertz CT molecular complexity index is 901. The quantitative estimate of drug-likeness (QED) is 0.792. The number of benzene rings is 1. The highest BCUT2D eigenvalue weighted by Crippen LogP contribution is 2.42. The van der Waals surface area contributed by atoms with Gasteiger partial charge < -0.3 is 15.2 Å². The summed E-state index contributed by atoms with van der Waals surface area (Å²) in [5, 5.41) is 24.1. The van der Waals surface area contributed by atoms with Gasteiger partial charge in [0.2, 0.25) is 0 Å². The Kier molecular flexibility index (Phi) is 4.05. The van der Waals surface area contributed by atoms with Gasteiger partial charge in [-0.1, -0.05) is 11.8 Å². The molecule has 1 aromatic rings. The van der Waals surface area contributed by atoms with Crippen molar-refractivity contribution in [1.82, 2.24) is 5.32 Å². The fraction of sp³-hybridized carbons (Fsp3) is 0.368. The van der Waals surface area contributed by atoms with Crippen LogP contribution in [-0.4, -0.2) is 27.2 Å². The Labute approximate surface area is 155 Å². The van der Waals surface area contributed by atoms with Gasteiger partial charge in [0.25, 0.3) is 0 Å². The molecule has 4 rings (SSSR count). The molecular formula is C19H18FN3O2S. The zero-order valence-electron chi connectivity index (χ0n) is 14.4. The van der Waals surface area contributed by atoms with Gasteiger partial charge in [0.15, 0.2) is 5.17 Å². The third kappa shape index (κ3) is 2.89. The lowest BCUT2D eigenvalue weighted by Gasteiger charge is -2.42. The summed E-state index contributed by atoms with van der Waals surface area (Å²) in [6.07, 6.45) is 2.75. The number of aliphatic imine (C=N–C) groups is 1. The predicted octanol–water partition coefficient (Wildman–Crippen LogP) is 3.33. The molecule has 3 atom stereocenters. The van der Waals surface area contributed by atoms with Crippen LogP contribution in [0.2, 0.25) is 0 Å². The molecule has 2 heterocycles. The van der Waals surface area contributed by atoms with Crippen molar-refractivity contribution in [2.24, 2.45) is 4.99 Å². The third-order valence-corrected chi connectivity index (χ3v) is 5.93. The van der Waals surface area contributed by atoms with Gasteiger partial charge in [0, 0.05) is 5.56 Å². The Morgan fingerprint density at radius 2 is 2.27 bits per heavy atom. The van der Waals surface area contributed by atoms with Gasteiger partial charge in [-0.3, -0.25) is 0 Å². The van der Waals surface area contributed by atoms with Crippen LogP contribution in [0.4, 0.5) is 4.39 Å². The van der Waals surface area contributed by atoms with Crippen LogP contribution < -0.4 is 10.1 Å². The van der Waals surface area contributed by atoms with Crippen LogP contribution in [0, 0.1) is 11.3 Å². The standard InChI is InChI=1S/C19H18FN3O2S/c1-19(2)17(24)16(12-7-10(9-21)3-5-14(12)25-19)23-18-22-13-8-11(20)4-6-15(13)26-18/h3-5,7-8,15-17,24H,6H2,1-2H3,(H,22,23)/t15?,16-,17+/m1/s1. The maximum Gasteiger partial charge on any atom is 0.162 e. The van der Waals surface area contributed by atoms with Gasteiger partial charge in [-0.15, -0.1) is 0 Å². The Morgan fingerprint density at radius 1 is 1.46 bits per heavy atom. The average molecular weight is 371 g/mol.